The number of H-pyrrole nitrogens is 1. The van der Waals surface area contributed by atoms with Gasteiger partial charge in [0, 0.05) is 87.2 Å². The van der Waals surface area contributed by atoms with Crippen LogP contribution in [-0.2, 0) is 33.8 Å². The predicted octanol–water partition coefficient (Wildman–Crippen LogP) is 11.0. The Morgan fingerprint density at radius 2 is 1.20 bits per heavy atom. The van der Waals surface area contributed by atoms with Crippen molar-refractivity contribution in [1.82, 2.24) is 29.1 Å². The van der Waals surface area contributed by atoms with Crippen LogP contribution in [-0.4, -0.2) is 89.8 Å². The van der Waals surface area contributed by atoms with Crippen molar-refractivity contribution in [3.8, 4) is 11.4 Å². The van der Waals surface area contributed by atoms with Crippen molar-refractivity contribution in [2.24, 2.45) is 4.99 Å². The zero-order valence-corrected chi connectivity index (χ0v) is 54.2. The van der Waals surface area contributed by atoms with E-state index in [-0.39, 0.29) is 65.4 Å². The summed E-state index contributed by atoms with van der Waals surface area (Å²) in [5.41, 5.74) is 8.39. The van der Waals surface area contributed by atoms with Gasteiger partial charge in [0.1, 0.15) is 11.9 Å². The number of benzene rings is 4. The number of aromatic amines is 1. The van der Waals surface area contributed by atoms with Crippen molar-refractivity contribution in [1.29, 1.82) is 5.26 Å². The van der Waals surface area contributed by atoms with Crippen LogP contribution in [0.25, 0.3) is 11.4 Å². The molecule has 0 spiro atoms. The third-order valence-electron chi connectivity index (χ3n) is 10.5. The largest absolute Gasteiger partial charge is 1.00 e. The fourth-order valence-corrected chi connectivity index (χ4v) is 8.07. The van der Waals surface area contributed by atoms with Gasteiger partial charge in [-0.25, -0.2) is 32.8 Å². The molecule has 4 heterocycles. The molecule has 21 heteroatoms. The van der Waals surface area contributed by atoms with E-state index >= 15 is 0 Å². The van der Waals surface area contributed by atoms with E-state index in [0.717, 1.165) is 65.1 Å². The number of aliphatic imine (C=N–C) groups is 1. The van der Waals surface area contributed by atoms with Gasteiger partial charge in [0.25, 0.3) is 0 Å². The molecule has 0 saturated carbocycles. The van der Waals surface area contributed by atoms with Gasteiger partial charge in [-0.15, -0.1) is 6.58 Å². The van der Waals surface area contributed by atoms with Gasteiger partial charge in [-0.3, -0.25) is 14.4 Å². The van der Waals surface area contributed by atoms with Crippen LogP contribution >= 0.6 is 44.2 Å². The molecule has 0 fully saturated rings. The van der Waals surface area contributed by atoms with Gasteiger partial charge in [0.15, 0.2) is 29.1 Å². The number of ketones is 3. The molecule has 1 aliphatic heterocycles. The number of ether oxygens (including phenoxy) is 1. The van der Waals surface area contributed by atoms with Crippen LogP contribution in [0.4, 0.5) is 4.39 Å². The number of hydrogen-bond donors (Lipinski definition) is 2. The molecule has 0 radical (unpaired) electrons. The van der Waals surface area contributed by atoms with Crippen molar-refractivity contribution in [2.45, 2.75) is 111 Å². The number of nitrogens with zero attached hydrogens (tertiary/aromatic N) is 7. The topological polar surface area (TPSA) is 215 Å². The van der Waals surface area contributed by atoms with E-state index in [4.69, 9.17) is 21.7 Å². The zero-order chi connectivity index (χ0) is 59.1. The molecular formula is C58H71Br3FN8NaO7S. The number of rotatable bonds is 13. The molecule has 0 bridgehead atoms. The molecule has 2 N–H and O–H groups in total. The minimum atomic E-state index is -3.44. The first kappa shape index (κ1) is 75.6. The number of aliphatic hydroxyl groups excluding tert-OH is 1. The van der Waals surface area contributed by atoms with Gasteiger partial charge in [-0.05, 0) is 145 Å². The smallest absolute Gasteiger partial charge is 0.512 e. The number of imidazole rings is 3. The minimum Gasteiger partial charge on any atom is -0.512 e. The summed E-state index contributed by atoms with van der Waals surface area (Å²) in [4.78, 5) is 52.8. The average Bonchev–Trinajstić information content (AvgIpc) is 4.35. The second kappa shape index (κ2) is 44.3. The molecule has 1 aliphatic rings. The summed E-state index contributed by atoms with van der Waals surface area (Å²) >= 11 is 8.66. The van der Waals surface area contributed by atoms with Crippen LogP contribution in [0, 0.1) is 24.6 Å². The number of allylic oxidation sites excluding steroid dienone is 1. The van der Waals surface area contributed by atoms with Gasteiger partial charge in [-0.1, -0.05) is 74.3 Å². The first-order valence-electron chi connectivity index (χ1n) is 24.6. The van der Waals surface area contributed by atoms with E-state index in [0.29, 0.717) is 22.2 Å². The zero-order valence-electron chi connectivity index (χ0n) is 46.6. The van der Waals surface area contributed by atoms with Crippen molar-refractivity contribution in [3.63, 3.8) is 0 Å². The fraction of sp³-hybridized carbons (Fsp3) is 0.310. The molecule has 3 aromatic heterocycles. The molecule has 420 valence electrons. The van der Waals surface area contributed by atoms with E-state index in [2.05, 4.69) is 103 Å². The number of carbonyl (C=O) groups is 3. The number of hydrogen-bond acceptors (Lipinski definition) is 12. The molecule has 15 nitrogen and oxygen atoms in total. The van der Waals surface area contributed by atoms with E-state index in [1.54, 1.807) is 57.1 Å². The second-order valence-electron chi connectivity index (χ2n) is 16.1. The molecule has 0 saturated heterocycles. The molecular weight excluding hydrogens is 1230 g/mol. The van der Waals surface area contributed by atoms with E-state index < -0.39 is 15.2 Å². The summed E-state index contributed by atoms with van der Waals surface area (Å²) in [6.07, 6.45) is 18.5. The Morgan fingerprint density at radius 3 is 1.53 bits per heavy atom. The maximum atomic E-state index is 12.3. The van der Waals surface area contributed by atoms with Crippen molar-refractivity contribution < 1.29 is 66.6 Å². The number of aryl methyl sites for hydroxylation is 4. The number of halogens is 4. The van der Waals surface area contributed by atoms with Gasteiger partial charge in [0.2, 0.25) is 9.84 Å². The van der Waals surface area contributed by atoms with Crippen LogP contribution in [0.5, 0.6) is 0 Å². The van der Waals surface area contributed by atoms with E-state index in [9.17, 15) is 27.2 Å². The standard InChI is InChI=1S/C13H13BrN2O.C13H14N2O.C12H15NO3S.C8H7FO.C5H8N2.C4H8.C2H6O.CN.Br2.Na/c1-2-11-8-16(9-15-11)12-5-3-10(4-6-12)13(17)7-14;1-3-12-8-15(9-14-12)13-6-4-11(5-7-13)10(2)16;1-3-11-12(13-8-16-11)17(14,15)10-6-4-9(2)5-7-10;1-6(10)7-2-4-8(9)5-3-7;1-2-5-3-6-4-7-5;1-3-4-2;1-2-3;2*1-2;/h3-6,8-9H,2,7H2,1H3;4-9H,3H2,1-2H3;4-8,11-12H,3H2,1-2H3;2-5H,1H3;3-4H,2H2,1H3,(H,6,7);3H,1,4H2,2H3;3H,2H2,1H3;;;/q;;;;;;;-1;;+1/t;;11-,12-;;;;;;;/m..0......./s1. The summed E-state index contributed by atoms with van der Waals surface area (Å²) in [7, 11) is -3.44. The molecule has 2 atom stereocenters. The van der Waals surface area contributed by atoms with Crippen molar-refractivity contribution >= 4 is 77.8 Å². The summed E-state index contributed by atoms with van der Waals surface area (Å²) < 4.78 is 46.0. The third-order valence-corrected chi connectivity index (χ3v) is 13.0. The van der Waals surface area contributed by atoms with Crippen molar-refractivity contribution in [3.05, 3.63) is 199 Å². The van der Waals surface area contributed by atoms with Crippen LogP contribution < -0.4 is 29.6 Å². The Balaban J connectivity index is 0. The van der Waals surface area contributed by atoms with E-state index in [1.165, 1.54) is 43.3 Å². The third kappa shape index (κ3) is 28.5. The number of aromatic nitrogens is 6. The Morgan fingerprint density at radius 1 is 0.772 bits per heavy atom. The molecule has 7 aromatic rings. The number of carbonyl (C=O) groups excluding carboxylic acids is 3. The molecule has 0 amide bonds. The first-order chi connectivity index (χ1) is 37.5. The van der Waals surface area contributed by atoms with Crippen LogP contribution in [0.2, 0.25) is 0 Å². The number of Topliss-reactive ketones (excluding diaryl/α,β-unsaturated/α-hetero) is 3. The van der Waals surface area contributed by atoms with Gasteiger partial charge in [-0.2, -0.15) is 0 Å². The predicted molar refractivity (Wildman–Crippen MR) is 320 cm³/mol. The van der Waals surface area contributed by atoms with Crippen LogP contribution in [0.3, 0.4) is 0 Å². The number of sulfone groups is 1. The van der Waals surface area contributed by atoms with Crippen LogP contribution in [0.15, 0.2) is 157 Å². The summed E-state index contributed by atoms with van der Waals surface area (Å²) in [5.74, 6) is -0.173. The minimum absolute atomic E-state index is 0. The number of aliphatic hydroxyl groups is 1. The van der Waals surface area contributed by atoms with Crippen molar-refractivity contribution in [2.75, 3.05) is 11.9 Å². The monoisotopic (exact) mass is 1300 g/mol. The molecule has 8 rings (SSSR count). The Hall–Kier alpha value is -5.50. The molecule has 0 aliphatic carbocycles. The summed E-state index contributed by atoms with van der Waals surface area (Å²) in [5, 5.41) is 13.4. The molecule has 79 heavy (non-hydrogen) atoms. The molecule has 4 aromatic carbocycles. The Kier molecular flexibility index (Phi) is 42.3. The second-order valence-corrected chi connectivity index (χ2v) is 18.7. The maximum absolute atomic E-state index is 12.3. The van der Waals surface area contributed by atoms with E-state index in [1.807, 2.05) is 96.2 Å². The van der Waals surface area contributed by atoms with Gasteiger partial charge in [0.05, 0.1) is 40.6 Å². The summed E-state index contributed by atoms with van der Waals surface area (Å²) in [6.45, 7) is 25.3. The maximum Gasteiger partial charge on any atom is 1.00 e. The normalized spacial score (nSPS) is 12.1. The van der Waals surface area contributed by atoms with Crippen LogP contribution in [0.1, 0.15) is 122 Å². The van der Waals surface area contributed by atoms with Gasteiger partial charge >= 0.3 is 29.6 Å². The van der Waals surface area contributed by atoms with Gasteiger partial charge < -0.3 is 35.8 Å². The Bertz CT molecular complexity index is 2920. The quantitative estimate of drug-likeness (QED) is 0.0364. The number of nitrogens with one attached hydrogen (secondary N) is 1. The molecule has 0 unspecified atom stereocenters. The SMILES string of the molecule is BrBr.C=CCC.CC(=O)c1ccc(F)cc1.CCO.CC[C@@H]1OC=N[C@H]1S(=O)(=O)c1ccc(C)cc1.CCc1cn(-c2ccc(C(=O)CBr)cc2)cn1.CCc1cn(-c2ccc(C(C)=O)cc2)cn1.CCc1cnc[nH]1.[C-]#N.[Na+]. The summed E-state index contributed by atoms with van der Waals surface area (Å²) in [6, 6.07) is 27.4. The Labute approximate surface area is 512 Å². The fourth-order valence-electron chi connectivity index (χ4n) is 6.08. The first-order valence-corrected chi connectivity index (χ1v) is 31.0. The number of alkyl halides is 1. The average molecular weight is 1310 g/mol.